The molecule has 1 aliphatic carbocycles. The van der Waals surface area contributed by atoms with E-state index < -0.39 is 5.97 Å². The molecule has 1 N–H and O–H groups in total. The lowest BCUT2D eigenvalue weighted by Gasteiger charge is -2.20. The van der Waals surface area contributed by atoms with E-state index in [1.165, 1.54) is 19.3 Å². The van der Waals surface area contributed by atoms with E-state index in [0.717, 1.165) is 19.3 Å². The third-order valence-corrected chi connectivity index (χ3v) is 2.79. The maximum Gasteiger partial charge on any atom is 0.306 e. The summed E-state index contributed by atoms with van der Waals surface area (Å²) in [6, 6.07) is 0. The van der Waals surface area contributed by atoms with Crippen LogP contribution in [0.2, 0.25) is 0 Å². The van der Waals surface area contributed by atoms with Crippen molar-refractivity contribution in [3.8, 4) is 0 Å². The van der Waals surface area contributed by atoms with Gasteiger partial charge in [-0.05, 0) is 18.8 Å². The zero-order valence-electron chi connectivity index (χ0n) is 7.75. The van der Waals surface area contributed by atoms with Crippen LogP contribution in [0.15, 0.2) is 0 Å². The Balaban J connectivity index is 2.43. The number of rotatable bonds is 1. The van der Waals surface area contributed by atoms with Crippen molar-refractivity contribution in [3.05, 3.63) is 0 Å². The maximum absolute atomic E-state index is 10.8. The van der Waals surface area contributed by atoms with Gasteiger partial charge in [0.05, 0.1) is 5.92 Å². The van der Waals surface area contributed by atoms with Gasteiger partial charge in [-0.15, -0.1) is 0 Å². The molecule has 1 rings (SSSR count). The van der Waals surface area contributed by atoms with Crippen LogP contribution in [0.25, 0.3) is 0 Å². The van der Waals surface area contributed by atoms with Crippen LogP contribution in [0.3, 0.4) is 0 Å². The van der Waals surface area contributed by atoms with Crippen molar-refractivity contribution in [2.75, 3.05) is 0 Å². The SMILES string of the molecule is C[C@@H]1CCCCC[C@@H](C(=O)O)C1. The second-order valence-corrected chi connectivity index (χ2v) is 4.01. The molecule has 0 heterocycles. The standard InChI is InChI=1S/C10H18O2/c1-8-5-3-2-4-6-9(7-8)10(11)12/h8-9H,2-7H2,1H3,(H,11,12)/t8-,9-/m1/s1. The lowest BCUT2D eigenvalue weighted by atomic mass is 9.85. The van der Waals surface area contributed by atoms with Crippen molar-refractivity contribution in [1.29, 1.82) is 0 Å². The van der Waals surface area contributed by atoms with Crippen LogP contribution in [-0.4, -0.2) is 11.1 Å². The van der Waals surface area contributed by atoms with Crippen LogP contribution in [0.5, 0.6) is 0 Å². The summed E-state index contributed by atoms with van der Waals surface area (Å²) in [6.07, 6.45) is 6.59. The summed E-state index contributed by atoms with van der Waals surface area (Å²) >= 11 is 0. The molecular weight excluding hydrogens is 152 g/mol. The number of carboxylic acids is 1. The fourth-order valence-electron chi connectivity index (χ4n) is 2.01. The summed E-state index contributed by atoms with van der Waals surface area (Å²) in [5.74, 6) is -0.0598. The topological polar surface area (TPSA) is 37.3 Å². The molecule has 1 saturated carbocycles. The van der Waals surface area contributed by atoms with E-state index in [1.54, 1.807) is 0 Å². The lowest BCUT2D eigenvalue weighted by Crippen LogP contribution is -2.18. The Morgan fingerprint density at radius 3 is 2.58 bits per heavy atom. The summed E-state index contributed by atoms with van der Waals surface area (Å²) < 4.78 is 0. The Morgan fingerprint density at radius 2 is 1.92 bits per heavy atom. The molecule has 2 heteroatoms. The third kappa shape index (κ3) is 2.84. The minimum Gasteiger partial charge on any atom is -0.481 e. The summed E-state index contributed by atoms with van der Waals surface area (Å²) in [7, 11) is 0. The van der Waals surface area contributed by atoms with E-state index in [4.69, 9.17) is 5.11 Å². The van der Waals surface area contributed by atoms with E-state index in [0.29, 0.717) is 5.92 Å². The minimum absolute atomic E-state index is 0.0692. The number of carbonyl (C=O) groups is 1. The predicted molar refractivity (Wildman–Crippen MR) is 48.0 cm³/mol. The summed E-state index contributed by atoms with van der Waals surface area (Å²) in [4.78, 5) is 10.8. The van der Waals surface area contributed by atoms with Gasteiger partial charge in [0.2, 0.25) is 0 Å². The Hall–Kier alpha value is -0.530. The third-order valence-electron chi connectivity index (χ3n) is 2.79. The van der Waals surface area contributed by atoms with Gasteiger partial charge in [0.15, 0.2) is 0 Å². The van der Waals surface area contributed by atoms with Gasteiger partial charge in [0.1, 0.15) is 0 Å². The first-order valence-corrected chi connectivity index (χ1v) is 4.93. The summed E-state index contributed by atoms with van der Waals surface area (Å²) in [6.45, 7) is 2.17. The number of carboxylic acid groups (broad SMARTS) is 1. The second kappa shape index (κ2) is 4.48. The van der Waals surface area contributed by atoms with Crippen molar-refractivity contribution >= 4 is 5.97 Å². The largest absolute Gasteiger partial charge is 0.481 e. The van der Waals surface area contributed by atoms with Crippen molar-refractivity contribution in [3.63, 3.8) is 0 Å². The highest BCUT2D eigenvalue weighted by Crippen LogP contribution is 2.26. The van der Waals surface area contributed by atoms with Gasteiger partial charge in [0, 0.05) is 0 Å². The monoisotopic (exact) mass is 170 g/mol. The molecule has 2 nitrogen and oxygen atoms in total. The van der Waals surface area contributed by atoms with Gasteiger partial charge < -0.3 is 5.11 Å². The molecule has 0 unspecified atom stereocenters. The quantitative estimate of drug-likeness (QED) is 0.657. The second-order valence-electron chi connectivity index (χ2n) is 4.01. The van der Waals surface area contributed by atoms with Crippen LogP contribution >= 0.6 is 0 Å². The molecule has 12 heavy (non-hydrogen) atoms. The maximum atomic E-state index is 10.8. The van der Waals surface area contributed by atoms with Gasteiger partial charge >= 0.3 is 5.97 Å². The van der Waals surface area contributed by atoms with Crippen molar-refractivity contribution in [1.82, 2.24) is 0 Å². The van der Waals surface area contributed by atoms with Gasteiger partial charge in [-0.3, -0.25) is 4.79 Å². The van der Waals surface area contributed by atoms with E-state index in [9.17, 15) is 4.79 Å². The van der Waals surface area contributed by atoms with Crippen LogP contribution in [0, 0.1) is 11.8 Å². The van der Waals surface area contributed by atoms with E-state index in [1.807, 2.05) is 0 Å². The zero-order chi connectivity index (χ0) is 8.97. The fraction of sp³-hybridized carbons (Fsp3) is 0.900. The Morgan fingerprint density at radius 1 is 1.25 bits per heavy atom. The Labute approximate surface area is 74.0 Å². The van der Waals surface area contributed by atoms with Crippen LogP contribution in [0.4, 0.5) is 0 Å². The van der Waals surface area contributed by atoms with Crippen molar-refractivity contribution < 1.29 is 9.90 Å². The molecule has 0 spiro atoms. The highest BCUT2D eigenvalue weighted by atomic mass is 16.4. The first kappa shape index (κ1) is 9.56. The molecule has 0 aliphatic heterocycles. The highest BCUT2D eigenvalue weighted by Gasteiger charge is 2.21. The van der Waals surface area contributed by atoms with Gasteiger partial charge in [-0.25, -0.2) is 0 Å². The average Bonchev–Trinajstić information content (AvgIpc) is 1.95. The summed E-state index contributed by atoms with van der Waals surface area (Å²) in [5, 5.41) is 8.87. The number of aliphatic carboxylic acids is 1. The van der Waals surface area contributed by atoms with Gasteiger partial charge in [-0.2, -0.15) is 0 Å². The average molecular weight is 170 g/mol. The smallest absolute Gasteiger partial charge is 0.306 e. The molecule has 0 radical (unpaired) electrons. The minimum atomic E-state index is -0.594. The molecular formula is C10H18O2. The highest BCUT2D eigenvalue weighted by molar-refractivity contribution is 5.69. The van der Waals surface area contributed by atoms with Crippen LogP contribution in [-0.2, 0) is 4.79 Å². The molecule has 0 aromatic rings. The van der Waals surface area contributed by atoms with Crippen molar-refractivity contribution in [2.45, 2.75) is 45.4 Å². The molecule has 70 valence electrons. The number of hydrogen-bond acceptors (Lipinski definition) is 1. The predicted octanol–water partition coefficient (Wildman–Crippen LogP) is 2.68. The molecule has 0 saturated heterocycles. The zero-order valence-corrected chi connectivity index (χ0v) is 7.75. The first-order valence-electron chi connectivity index (χ1n) is 4.93. The van der Waals surface area contributed by atoms with Crippen LogP contribution in [0.1, 0.15) is 45.4 Å². The van der Waals surface area contributed by atoms with E-state index >= 15 is 0 Å². The van der Waals surface area contributed by atoms with Gasteiger partial charge in [0.25, 0.3) is 0 Å². The van der Waals surface area contributed by atoms with Crippen LogP contribution < -0.4 is 0 Å². The van der Waals surface area contributed by atoms with Crippen molar-refractivity contribution in [2.24, 2.45) is 11.8 Å². The molecule has 0 aromatic carbocycles. The molecule has 1 aliphatic rings. The molecule has 0 aromatic heterocycles. The molecule has 0 bridgehead atoms. The van der Waals surface area contributed by atoms with E-state index in [2.05, 4.69) is 6.92 Å². The fourth-order valence-corrected chi connectivity index (χ4v) is 2.01. The lowest BCUT2D eigenvalue weighted by molar-refractivity contribution is -0.142. The van der Waals surface area contributed by atoms with E-state index in [-0.39, 0.29) is 5.92 Å². The molecule has 0 amide bonds. The number of hydrogen-bond donors (Lipinski definition) is 1. The molecule has 2 atom stereocenters. The molecule has 1 fully saturated rings. The van der Waals surface area contributed by atoms with Gasteiger partial charge in [-0.1, -0.05) is 32.6 Å². The first-order chi connectivity index (χ1) is 5.70. The Bertz CT molecular complexity index is 154. The summed E-state index contributed by atoms with van der Waals surface area (Å²) in [5.41, 5.74) is 0. The Kier molecular flexibility index (Phi) is 3.57. The normalized spacial score (nSPS) is 32.1.